The summed E-state index contributed by atoms with van der Waals surface area (Å²) in [5, 5.41) is 6.75. The number of rotatable bonds is 7. The number of hydrogen-bond acceptors (Lipinski definition) is 5. The Hall–Kier alpha value is -3.81. The van der Waals surface area contributed by atoms with Crippen LogP contribution in [-0.4, -0.2) is 39.9 Å². The molecule has 1 aliphatic rings. The summed E-state index contributed by atoms with van der Waals surface area (Å²) >= 11 is 0. The smallest absolute Gasteiger partial charge is 0.225 e. The van der Waals surface area contributed by atoms with Crippen LogP contribution in [0.25, 0.3) is 22.4 Å². The minimum Gasteiger partial charge on any atom is -0.487 e. The zero-order valence-corrected chi connectivity index (χ0v) is 19.5. The van der Waals surface area contributed by atoms with Gasteiger partial charge in [-0.1, -0.05) is 37.3 Å². The van der Waals surface area contributed by atoms with E-state index >= 15 is 8.78 Å². The first-order valence-corrected chi connectivity index (χ1v) is 11.9. The summed E-state index contributed by atoms with van der Waals surface area (Å²) < 4.78 is 36.6. The summed E-state index contributed by atoms with van der Waals surface area (Å²) in [5.41, 5.74) is 2.97. The second kappa shape index (κ2) is 10.2. The molecule has 0 saturated carbocycles. The number of nitrogens with one attached hydrogen (secondary N) is 1. The highest BCUT2D eigenvalue weighted by Crippen LogP contribution is 2.39. The number of halogens is 2. The number of anilines is 1. The topological polar surface area (TPSA) is 66.9 Å². The first-order chi connectivity index (χ1) is 17.1. The van der Waals surface area contributed by atoms with Crippen molar-refractivity contribution < 1.29 is 13.5 Å². The molecule has 1 saturated heterocycles. The molecule has 0 spiro atoms. The molecule has 2 aromatic heterocycles. The minimum absolute atomic E-state index is 0.185. The predicted molar refractivity (Wildman–Crippen MR) is 131 cm³/mol. The van der Waals surface area contributed by atoms with E-state index in [1.807, 2.05) is 42.7 Å². The highest BCUT2D eigenvalue weighted by Gasteiger charge is 2.26. The van der Waals surface area contributed by atoms with Crippen LogP contribution < -0.4 is 9.64 Å². The second-order valence-electron chi connectivity index (χ2n) is 8.75. The van der Waals surface area contributed by atoms with Crippen molar-refractivity contribution in [1.82, 2.24) is 20.2 Å². The minimum atomic E-state index is -0.727. The summed E-state index contributed by atoms with van der Waals surface area (Å²) in [6, 6.07) is 12.2. The molecule has 0 radical (unpaired) electrons. The normalized spacial score (nSPS) is 14.3. The Morgan fingerprint density at radius 2 is 1.80 bits per heavy atom. The molecule has 1 aliphatic heterocycles. The number of aryl methyl sites for hydroxylation is 1. The van der Waals surface area contributed by atoms with E-state index in [9.17, 15) is 0 Å². The lowest BCUT2D eigenvalue weighted by Crippen LogP contribution is -2.36. The van der Waals surface area contributed by atoms with Crippen molar-refractivity contribution in [2.75, 3.05) is 24.6 Å². The van der Waals surface area contributed by atoms with E-state index in [0.29, 0.717) is 16.8 Å². The van der Waals surface area contributed by atoms with Crippen LogP contribution in [0.15, 0.2) is 61.1 Å². The van der Waals surface area contributed by atoms with Crippen molar-refractivity contribution in [3.8, 4) is 28.1 Å². The predicted octanol–water partition coefficient (Wildman–Crippen LogP) is 5.67. The van der Waals surface area contributed by atoms with Gasteiger partial charge in [0.05, 0.1) is 12.3 Å². The van der Waals surface area contributed by atoms with E-state index in [4.69, 9.17) is 4.74 Å². The van der Waals surface area contributed by atoms with Crippen LogP contribution in [0, 0.1) is 17.6 Å². The Morgan fingerprint density at radius 1 is 1.06 bits per heavy atom. The molecule has 180 valence electrons. The molecule has 4 aromatic rings. The fourth-order valence-corrected chi connectivity index (χ4v) is 4.43. The second-order valence-corrected chi connectivity index (χ2v) is 8.75. The van der Waals surface area contributed by atoms with E-state index in [-0.39, 0.29) is 23.8 Å². The number of aromatic amines is 1. The molecule has 8 heteroatoms. The van der Waals surface area contributed by atoms with Gasteiger partial charge in [0.1, 0.15) is 0 Å². The molecule has 0 atom stereocenters. The molecule has 0 amide bonds. The maximum absolute atomic E-state index is 15.7. The van der Waals surface area contributed by atoms with Crippen molar-refractivity contribution >= 4 is 5.95 Å². The third-order valence-electron chi connectivity index (χ3n) is 6.49. The SMILES string of the molecule is CCc1cnc(N2CCC(COc3c(F)cc(-c4ccccc4)c(-c4ccn[nH]4)c3F)CC2)nc1. The number of benzene rings is 2. The van der Waals surface area contributed by atoms with Gasteiger partial charge in [-0.15, -0.1) is 0 Å². The molecule has 6 nitrogen and oxygen atoms in total. The van der Waals surface area contributed by atoms with Crippen molar-refractivity contribution in [2.45, 2.75) is 26.2 Å². The molecule has 0 bridgehead atoms. The first-order valence-electron chi connectivity index (χ1n) is 11.9. The third kappa shape index (κ3) is 4.87. The van der Waals surface area contributed by atoms with E-state index in [2.05, 4.69) is 32.0 Å². The van der Waals surface area contributed by atoms with Crippen molar-refractivity contribution in [1.29, 1.82) is 0 Å². The van der Waals surface area contributed by atoms with Crippen LogP contribution in [0.2, 0.25) is 0 Å². The van der Waals surface area contributed by atoms with Gasteiger partial charge in [0.15, 0.2) is 17.4 Å². The number of piperidine rings is 1. The van der Waals surface area contributed by atoms with Gasteiger partial charge in [0.2, 0.25) is 5.95 Å². The molecule has 3 heterocycles. The number of aromatic nitrogens is 4. The van der Waals surface area contributed by atoms with Gasteiger partial charge < -0.3 is 9.64 Å². The van der Waals surface area contributed by atoms with E-state index in [1.54, 1.807) is 12.3 Å². The summed E-state index contributed by atoms with van der Waals surface area (Å²) in [4.78, 5) is 11.1. The van der Waals surface area contributed by atoms with Crippen molar-refractivity contribution in [2.24, 2.45) is 5.92 Å². The Labute approximate surface area is 203 Å². The Bertz CT molecular complexity index is 1260. The molecule has 0 aliphatic carbocycles. The average molecular weight is 476 g/mol. The Morgan fingerprint density at radius 3 is 2.46 bits per heavy atom. The van der Waals surface area contributed by atoms with Gasteiger partial charge >= 0.3 is 0 Å². The molecule has 35 heavy (non-hydrogen) atoms. The quantitative estimate of drug-likeness (QED) is 0.373. The van der Waals surface area contributed by atoms with E-state index in [0.717, 1.165) is 43.9 Å². The van der Waals surface area contributed by atoms with E-state index in [1.165, 1.54) is 6.07 Å². The fourth-order valence-electron chi connectivity index (χ4n) is 4.43. The van der Waals surface area contributed by atoms with Gasteiger partial charge in [0, 0.05) is 37.2 Å². The highest BCUT2D eigenvalue weighted by molar-refractivity contribution is 5.83. The highest BCUT2D eigenvalue weighted by atomic mass is 19.1. The van der Waals surface area contributed by atoms with Crippen molar-refractivity contribution in [3.05, 3.63) is 78.3 Å². The summed E-state index contributed by atoms with van der Waals surface area (Å²) in [6.07, 6.45) is 7.83. The summed E-state index contributed by atoms with van der Waals surface area (Å²) in [7, 11) is 0. The van der Waals surface area contributed by atoms with Crippen LogP contribution in [0.3, 0.4) is 0 Å². The molecule has 5 rings (SSSR count). The number of ether oxygens (including phenoxy) is 1. The van der Waals surface area contributed by atoms with Gasteiger partial charge in [-0.25, -0.2) is 18.7 Å². The largest absolute Gasteiger partial charge is 0.487 e. The number of nitrogens with zero attached hydrogens (tertiary/aromatic N) is 4. The lowest BCUT2D eigenvalue weighted by atomic mass is 9.96. The first kappa shape index (κ1) is 23.0. The zero-order valence-electron chi connectivity index (χ0n) is 19.5. The van der Waals surface area contributed by atoms with Crippen LogP contribution in [0.4, 0.5) is 14.7 Å². The third-order valence-corrected chi connectivity index (χ3v) is 6.49. The molecule has 0 unspecified atom stereocenters. The van der Waals surface area contributed by atoms with Gasteiger partial charge in [-0.3, -0.25) is 5.10 Å². The number of H-pyrrole nitrogens is 1. The fraction of sp³-hybridized carbons (Fsp3) is 0.296. The zero-order chi connectivity index (χ0) is 24.2. The van der Waals surface area contributed by atoms with Gasteiger partial charge in [-0.2, -0.15) is 5.10 Å². The maximum atomic E-state index is 15.7. The van der Waals surface area contributed by atoms with Crippen LogP contribution in [-0.2, 0) is 6.42 Å². The lowest BCUT2D eigenvalue weighted by molar-refractivity contribution is 0.207. The Balaban J connectivity index is 1.31. The lowest BCUT2D eigenvalue weighted by Gasteiger charge is -2.32. The standard InChI is InChI=1S/C27H27F2N5O/c1-2-18-15-30-27(31-16-18)34-12-9-19(10-13-34)17-35-26-22(28)14-21(20-6-4-3-5-7-20)24(25(26)29)23-8-11-32-33-23/h3-8,11,14-16,19H,2,9-10,12-13,17H2,1H3,(H,32,33). The van der Waals surface area contributed by atoms with Crippen LogP contribution >= 0.6 is 0 Å². The van der Waals surface area contributed by atoms with Gasteiger partial charge in [0.25, 0.3) is 0 Å². The van der Waals surface area contributed by atoms with Crippen molar-refractivity contribution in [3.63, 3.8) is 0 Å². The number of hydrogen-bond donors (Lipinski definition) is 1. The van der Waals surface area contributed by atoms with E-state index < -0.39 is 11.6 Å². The maximum Gasteiger partial charge on any atom is 0.225 e. The molecule has 1 N–H and O–H groups in total. The summed E-state index contributed by atoms with van der Waals surface area (Å²) in [5.74, 6) is -0.889. The molecule has 1 fully saturated rings. The summed E-state index contributed by atoms with van der Waals surface area (Å²) in [6.45, 7) is 3.86. The monoisotopic (exact) mass is 475 g/mol. The molecule has 2 aromatic carbocycles. The van der Waals surface area contributed by atoms with Gasteiger partial charge in [-0.05, 0) is 54.0 Å². The average Bonchev–Trinajstić information content (AvgIpc) is 3.44. The van der Waals surface area contributed by atoms with Crippen LogP contribution in [0.5, 0.6) is 5.75 Å². The Kier molecular flexibility index (Phi) is 6.70. The molecular weight excluding hydrogens is 448 g/mol. The van der Waals surface area contributed by atoms with Crippen LogP contribution in [0.1, 0.15) is 25.3 Å². The molecular formula is C27H27F2N5O.